The maximum atomic E-state index is 6.22. The molecule has 1 N–H and O–H groups in total. The molecule has 1 heterocycles. The third-order valence-electron chi connectivity index (χ3n) is 3.08. The van der Waals surface area contributed by atoms with Crippen molar-refractivity contribution in [2.45, 2.75) is 40.5 Å². The van der Waals surface area contributed by atoms with Crippen molar-refractivity contribution < 1.29 is 0 Å². The van der Waals surface area contributed by atoms with Crippen LogP contribution in [0.3, 0.4) is 0 Å². The van der Waals surface area contributed by atoms with Crippen molar-refractivity contribution in [3.8, 4) is 0 Å². The van der Waals surface area contributed by atoms with Gasteiger partial charge in [0.15, 0.2) is 0 Å². The Morgan fingerprint density at radius 1 is 0.955 bits per heavy atom. The lowest BCUT2D eigenvalue weighted by Gasteiger charge is -2.09. The second-order valence-electron chi connectivity index (χ2n) is 4.80. The zero-order valence-corrected chi connectivity index (χ0v) is 15.5. The molecule has 2 rings (SSSR count). The summed E-state index contributed by atoms with van der Waals surface area (Å²) in [5.74, 6) is 0. The Balaban J connectivity index is 0.000000789. The minimum atomic E-state index is 0.860. The Morgan fingerprint density at radius 2 is 1.55 bits per heavy atom. The number of halogens is 1. The van der Waals surface area contributed by atoms with Crippen LogP contribution in [0.25, 0.3) is 0 Å². The number of pyridine rings is 1. The molecule has 122 valence electrons. The average Bonchev–Trinajstić information content (AvgIpc) is 2.51. The highest BCUT2D eigenvalue weighted by molar-refractivity contribution is 6.31. The van der Waals surface area contributed by atoms with Crippen LogP contribution in [0.15, 0.2) is 36.5 Å². The Kier molecular flexibility index (Phi) is 11.4. The average molecular weight is 321 g/mol. The normalized spacial score (nSPS) is 9.23. The van der Waals surface area contributed by atoms with E-state index >= 15 is 0 Å². The summed E-state index contributed by atoms with van der Waals surface area (Å²) in [5, 5.41) is 3.61. The lowest BCUT2D eigenvalue weighted by atomic mass is 10.0. The van der Waals surface area contributed by atoms with Crippen LogP contribution in [-0.2, 0) is 12.8 Å². The van der Waals surface area contributed by atoms with E-state index in [2.05, 4.69) is 36.3 Å². The summed E-state index contributed by atoms with van der Waals surface area (Å²) in [6.07, 6.45) is 3.74. The molecule has 0 saturated heterocycles. The van der Waals surface area contributed by atoms with Crippen LogP contribution in [-0.4, -0.2) is 19.1 Å². The number of hydrogen-bond acceptors (Lipinski definition) is 2. The van der Waals surface area contributed by atoms with Gasteiger partial charge in [0.2, 0.25) is 0 Å². The van der Waals surface area contributed by atoms with Gasteiger partial charge in [0.05, 0.1) is 0 Å². The fraction of sp³-hybridized carbons (Fsp3) is 0.421. The van der Waals surface area contributed by atoms with E-state index in [-0.39, 0.29) is 0 Å². The van der Waals surface area contributed by atoms with Crippen LogP contribution in [0.5, 0.6) is 0 Å². The van der Waals surface area contributed by atoms with Crippen molar-refractivity contribution in [2.75, 3.05) is 14.1 Å². The van der Waals surface area contributed by atoms with Gasteiger partial charge in [-0.15, -0.1) is 0 Å². The predicted octanol–water partition coefficient (Wildman–Crippen LogP) is 5.00. The van der Waals surface area contributed by atoms with Gasteiger partial charge in [-0.3, -0.25) is 4.98 Å². The van der Waals surface area contributed by atoms with E-state index < -0.39 is 0 Å². The summed E-state index contributed by atoms with van der Waals surface area (Å²) in [5.41, 5.74) is 4.90. The Labute approximate surface area is 140 Å². The lowest BCUT2D eigenvalue weighted by Crippen LogP contribution is -1.99. The van der Waals surface area contributed by atoms with E-state index in [0.29, 0.717) is 0 Å². The molecule has 0 aliphatic carbocycles. The van der Waals surface area contributed by atoms with Crippen LogP contribution in [0.4, 0.5) is 0 Å². The fourth-order valence-corrected chi connectivity index (χ4v) is 2.32. The summed E-state index contributed by atoms with van der Waals surface area (Å²) in [6.45, 7) is 8.20. The molecule has 22 heavy (non-hydrogen) atoms. The first-order chi connectivity index (χ1) is 10.6. The van der Waals surface area contributed by atoms with Gasteiger partial charge in [-0.1, -0.05) is 43.6 Å². The van der Waals surface area contributed by atoms with Crippen molar-refractivity contribution in [2.24, 2.45) is 0 Å². The van der Waals surface area contributed by atoms with Crippen LogP contribution in [0.2, 0.25) is 5.02 Å². The molecule has 0 fully saturated rings. The first-order valence-corrected chi connectivity index (χ1v) is 8.21. The molecular formula is C19H29ClN2. The van der Waals surface area contributed by atoms with Gasteiger partial charge in [-0.05, 0) is 69.6 Å². The monoisotopic (exact) mass is 320 g/mol. The minimum absolute atomic E-state index is 0.860. The molecule has 0 spiro atoms. The Hall–Kier alpha value is -1.38. The Bertz CT molecular complexity index is 518. The van der Waals surface area contributed by atoms with Gasteiger partial charge in [-0.2, -0.15) is 0 Å². The molecule has 0 unspecified atom stereocenters. The van der Waals surface area contributed by atoms with Crippen LogP contribution >= 0.6 is 11.6 Å². The minimum Gasteiger partial charge on any atom is -0.323 e. The zero-order chi connectivity index (χ0) is 17.0. The third kappa shape index (κ3) is 7.06. The highest BCUT2D eigenvalue weighted by atomic mass is 35.5. The molecule has 2 aromatic rings. The molecule has 0 aliphatic heterocycles. The van der Waals surface area contributed by atoms with Crippen molar-refractivity contribution in [3.05, 3.63) is 63.9 Å². The first kappa shape index (κ1) is 20.6. The van der Waals surface area contributed by atoms with Gasteiger partial charge in [0.25, 0.3) is 0 Å². The maximum Gasteiger partial charge on any atom is 0.0440 e. The highest BCUT2D eigenvalue weighted by Crippen LogP contribution is 2.21. The Morgan fingerprint density at radius 3 is 2.09 bits per heavy atom. The highest BCUT2D eigenvalue weighted by Gasteiger charge is 2.05. The largest absolute Gasteiger partial charge is 0.323 e. The molecule has 0 bridgehead atoms. The molecule has 3 heteroatoms. The predicted molar refractivity (Wildman–Crippen MR) is 98.9 cm³/mol. The number of rotatable bonds is 3. The van der Waals surface area contributed by atoms with E-state index in [1.165, 1.54) is 16.7 Å². The van der Waals surface area contributed by atoms with E-state index in [9.17, 15) is 0 Å². The molecule has 1 aromatic heterocycles. The second-order valence-corrected chi connectivity index (χ2v) is 5.21. The van der Waals surface area contributed by atoms with Gasteiger partial charge < -0.3 is 5.32 Å². The van der Waals surface area contributed by atoms with E-state index in [1.807, 2.05) is 52.3 Å². The second kappa shape index (κ2) is 12.2. The topological polar surface area (TPSA) is 24.9 Å². The molecule has 2 nitrogen and oxygen atoms in total. The molecular weight excluding hydrogens is 292 g/mol. The number of nitrogens with one attached hydrogen (secondary N) is 1. The smallest absolute Gasteiger partial charge is 0.0440 e. The van der Waals surface area contributed by atoms with Crippen LogP contribution in [0.1, 0.15) is 36.2 Å². The van der Waals surface area contributed by atoms with Crippen molar-refractivity contribution in [1.82, 2.24) is 10.3 Å². The van der Waals surface area contributed by atoms with Crippen molar-refractivity contribution in [3.63, 3.8) is 0 Å². The molecule has 0 saturated carbocycles. The standard InChI is InChI=1S/C15H16ClN.C2H7N.C2H6/c1-11-5-3-7-14(16)13(11)8-9-15-12(2)6-4-10-17-15;1-3-2;1-2/h3-7,10H,8-9H2,1-2H3;3H,1-2H3;1-2H3. The molecule has 0 amide bonds. The fourth-order valence-electron chi connectivity index (χ4n) is 2.01. The number of hydrogen-bond donors (Lipinski definition) is 1. The summed E-state index contributed by atoms with van der Waals surface area (Å²) >= 11 is 6.22. The van der Waals surface area contributed by atoms with Gasteiger partial charge in [-0.25, -0.2) is 0 Å². The summed E-state index contributed by atoms with van der Waals surface area (Å²) in [4.78, 5) is 4.41. The number of benzene rings is 1. The summed E-state index contributed by atoms with van der Waals surface area (Å²) < 4.78 is 0. The van der Waals surface area contributed by atoms with E-state index in [1.54, 1.807) is 0 Å². The number of aryl methyl sites for hydroxylation is 3. The van der Waals surface area contributed by atoms with Gasteiger partial charge in [0, 0.05) is 16.9 Å². The SMILES string of the molecule is CC.CNC.Cc1cccnc1CCc1c(C)cccc1Cl. The third-order valence-corrected chi connectivity index (χ3v) is 3.44. The maximum absolute atomic E-state index is 6.22. The van der Waals surface area contributed by atoms with Crippen molar-refractivity contribution in [1.29, 1.82) is 0 Å². The van der Waals surface area contributed by atoms with Gasteiger partial charge in [0.1, 0.15) is 0 Å². The first-order valence-electron chi connectivity index (χ1n) is 7.83. The molecule has 0 aliphatic rings. The quantitative estimate of drug-likeness (QED) is 0.861. The zero-order valence-electron chi connectivity index (χ0n) is 14.7. The molecule has 0 radical (unpaired) electrons. The lowest BCUT2D eigenvalue weighted by molar-refractivity contribution is 0.894. The number of nitrogens with zero attached hydrogens (tertiary/aromatic N) is 1. The van der Waals surface area contributed by atoms with E-state index in [0.717, 1.165) is 23.6 Å². The van der Waals surface area contributed by atoms with Crippen LogP contribution in [0, 0.1) is 13.8 Å². The van der Waals surface area contributed by atoms with E-state index in [4.69, 9.17) is 11.6 Å². The molecule has 0 atom stereocenters. The van der Waals surface area contributed by atoms with Crippen molar-refractivity contribution >= 4 is 11.6 Å². The molecule has 1 aromatic carbocycles. The number of aromatic nitrogens is 1. The summed E-state index contributed by atoms with van der Waals surface area (Å²) in [7, 11) is 3.75. The van der Waals surface area contributed by atoms with Crippen LogP contribution < -0.4 is 5.32 Å². The van der Waals surface area contributed by atoms with Gasteiger partial charge >= 0.3 is 0 Å². The summed E-state index contributed by atoms with van der Waals surface area (Å²) in [6, 6.07) is 10.1.